The van der Waals surface area contributed by atoms with E-state index in [1.54, 1.807) is 37.3 Å². The summed E-state index contributed by atoms with van der Waals surface area (Å²) in [6.07, 6.45) is -7.64. The van der Waals surface area contributed by atoms with Crippen LogP contribution in [0.25, 0.3) is 0 Å². The maximum atomic E-state index is 12.9. The first kappa shape index (κ1) is 25.7. The fourth-order valence-electron chi connectivity index (χ4n) is 7.10. The summed E-state index contributed by atoms with van der Waals surface area (Å²) < 4.78 is 56.8. The molecule has 4 saturated heterocycles. The van der Waals surface area contributed by atoms with E-state index in [0.717, 1.165) is 0 Å². The minimum absolute atomic E-state index is 0.273. The molecule has 1 aromatic rings. The Kier molecular flexibility index (Phi) is 5.88. The van der Waals surface area contributed by atoms with Crippen LogP contribution in [0.4, 0.5) is 0 Å². The van der Waals surface area contributed by atoms with Crippen molar-refractivity contribution in [2.45, 2.75) is 73.8 Å². The molecule has 0 radical (unpaired) electrons. The van der Waals surface area contributed by atoms with Crippen molar-refractivity contribution in [2.75, 3.05) is 13.2 Å². The fraction of sp³-hybridized carbons (Fsp3) is 0.696. The number of carbonyl (C=O) groups is 1. The number of rotatable bonds is 8. The van der Waals surface area contributed by atoms with Gasteiger partial charge in [-0.15, -0.1) is 0 Å². The van der Waals surface area contributed by atoms with E-state index in [4.69, 9.17) is 27.9 Å². The third-order valence-electron chi connectivity index (χ3n) is 8.75. The normalized spacial score (nSPS) is 50.1. The lowest BCUT2D eigenvalue weighted by molar-refractivity contribution is -0.394. The fourth-order valence-corrected chi connectivity index (χ4v) is 7.50. The molecule has 3 saturated carbocycles. The summed E-state index contributed by atoms with van der Waals surface area (Å²) in [5.74, 6) is -3.15. The zero-order valence-corrected chi connectivity index (χ0v) is 20.5. The second-order valence-corrected chi connectivity index (χ2v) is 11.0. The highest BCUT2D eigenvalue weighted by Crippen LogP contribution is 2.83. The van der Waals surface area contributed by atoms with Crippen LogP contribution in [0.5, 0.6) is 0 Å². The van der Waals surface area contributed by atoms with Gasteiger partial charge in [0.2, 0.25) is 0 Å². The summed E-state index contributed by atoms with van der Waals surface area (Å²) in [4.78, 5) is 12.9. The molecule has 7 fully saturated rings. The van der Waals surface area contributed by atoms with Gasteiger partial charge < -0.3 is 44.1 Å². The van der Waals surface area contributed by atoms with Gasteiger partial charge in [-0.1, -0.05) is 18.2 Å². The van der Waals surface area contributed by atoms with E-state index in [-0.39, 0.29) is 24.5 Å². The summed E-state index contributed by atoms with van der Waals surface area (Å²) in [7, 11) is 0. The number of hydrogen-bond donors (Lipinski definition) is 5. The van der Waals surface area contributed by atoms with Crippen molar-refractivity contribution in [1.82, 2.24) is 0 Å². The van der Waals surface area contributed by atoms with E-state index in [9.17, 15) is 34.0 Å². The molecule has 1 aromatic carbocycles. The first-order chi connectivity index (χ1) is 17.5. The highest BCUT2D eigenvalue weighted by atomic mass is 32.2. The minimum atomic E-state index is -2.84. The zero-order valence-electron chi connectivity index (χ0n) is 19.7. The molecule has 6 bridgehead atoms. The zero-order chi connectivity index (χ0) is 26.4. The lowest BCUT2D eigenvalue weighted by Crippen LogP contribution is -2.79. The Morgan fingerprint density at radius 3 is 2.54 bits per heavy atom. The average molecular weight is 545 g/mol. The lowest BCUT2D eigenvalue weighted by Gasteiger charge is -2.65. The van der Waals surface area contributed by atoms with Crippen molar-refractivity contribution >= 4 is 17.3 Å². The van der Waals surface area contributed by atoms with Crippen LogP contribution < -0.4 is 0 Å². The van der Waals surface area contributed by atoms with Crippen molar-refractivity contribution in [1.29, 1.82) is 0 Å². The van der Waals surface area contributed by atoms with Crippen LogP contribution in [0.15, 0.2) is 30.3 Å². The van der Waals surface area contributed by atoms with E-state index >= 15 is 0 Å². The van der Waals surface area contributed by atoms with Crippen molar-refractivity contribution < 1.29 is 61.8 Å². The number of ether oxygens (including phenoxy) is 5. The molecule has 13 nitrogen and oxygen atoms in total. The predicted molar refractivity (Wildman–Crippen MR) is 118 cm³/mol. The number of aliphatic hydroxyl groups is 4. The number of hydrogen-bond acceptors (Lipinski definition) is 12. The van der Waals surface area contributed by atoms with Crippen LogP contribution >= 0.6 is 0 Å². The van der Waals surface area contributed by atoms with Gasteiger partial charge in [0, 0.05) is 12.3 Å². The Bertz CT molecular complexity index is 1100. The average Bonchev–Trinajstić information content (AvgIpc) is 3.04. The first-order valence-electron chi connectivity index (χ1n) is 11.9. The second kappa shape index (κ2) is 8.47. The SMILES string of the molecule is C[C@@]12C[C@H]3OC(OS(=O)O)(O1)C1(COC(=O)c4ccccc4)C3CC12OC1OC(CO)C(O)C(O)C1O. The van der Waals surface area contributed by atoms with Gasteiger partial charge in [-0.25, -0.2) is 8.98 Å². The van der Waals surface area contributed by atoms with Crippen LogP contribution in [0.2, 0.25) is 0 Å². The quantitative estimate of drug-likeness (QED) is 0.194. The molecule has 0 aromatic heterocycles. The molecule has 0 spiro atoms. The van der Waals surface area contributed by atoms with Crippen LogP contribution in [-0.2, 0) is 39.2 Å². The maximum Gasteiger partial charge on any atom is 0.338 e. The summed E-state index contributed by atoms with van der Waals surface area (Å²) in [5.41, 5.74) is -3.80. The Balaban J connectivity index is 1.38. The van der Waals surface area contributed by atoms with E-state index in [1.807, 2.05) is 0 Å². The van der Waals surface area contributed by atoms with Crippen LogP contribution in [-0.4, -0.2) is 102 Å². The van der Waals surface area contributed by atoms with Gasteiger partial charge in [-0.3, -0.25) is 4.55 Å². The summed E-state index contributed by atoms with van der Waals surface area (Å²) in [6, 6.07) is 8.23. The van der Waals surface area contributed by atoms with Crippen LogP contribution in [0.1, 0.15) is 30.1 Å². The van der Waals surface area contributed by atoms with Gasteiger partial charge in [-0.05, 0) is 25.5 Å². The highest BCUT2D eigenvalue weighted by molar-refractivity contribution is 7.74. The third-order valence-corrected chi connectivity index (χ3v) is 9.12. The van der Waals surface area contributed by atoms with Gasteiger partial charge in [0.25, 0.3) is 0 Å². The number of aliphatic hydroxyl groups excluding tert-OH is 4. The summed E-state index contributed by atoms with van der Waals surface area (Å²) in [5, 5.41) is 40.8. The standard InChI is InChI=1S/C23H28O13S/c1-20-8-13-12-7-22(20,34-19-17(27)16(26)15(25)14(9-24)32-19)21(12,23(33-13,35-20)36-37(29)30)10-31-18(28)11-5-3-2-4-6-11/h2-6,12-17,19,24-27H,7-10H2,1H3,(H,29,30)/t12?,13-,14?,15?,16?,17?,19?,20+,21?,22?,23?/m1/s1. The molecule has 3 aliphatic carbocycles. The van der Waals surface area contributed by atoms with E-state index in [1.165, 1.54) is 0 Å². The summed E-state index contributed by atoms with van der Waals surface area (Å²) in [6.45, 7) is 0.656. The molecule has 14 heteroatoms. The smallest absolute Gasteiger partial charge is 0.338 e. The molecule has 4 heterocycles. The molecule has 0 amide bonds. The molecule has 10 unspecified atom stereocenters. The van der Waals surface area contributed by atoms with Gasteiger partial charge >= 0.3 is 23.3 Å². The van der Waals surface area contributed by atoms with Crippen molar-refractivity contribution in [3.05, 3.63) is 35.9 Å². The highest BCUT2D eigenvalue weighted by Gasteiger charge is 2.97. The van der Waals surface area contributed by atoms with E-state index in [2.05, 4.69) is 0 Å². The molecule has 8 rings (SSSR count). The Morgan fingerprint density at radius 1 is 1.14 bits per heavy atom. The van der Waals surface area contributed by atoms with E-state index < -0.39 is 83.3 Å². The molecule has 12 atom stereocenters. The molecule has 5 N–H and O–H groups in total. The van der Waals surface area contributed by atoms with Crippen LogP contribution in [0.3, 0.4) is 0 Å². The number of esters is 1. The second-order valence-electron chi connectivity index (χ2n) is 10.4. The maximum absolute atomic E-state index is 12.9. The van der Waals surface area contributed by atoms with Gasteiger partial charge in [0.15, 0.2) is 6.29 Å². The monoisotopic (exact) mass is 544 g/mol. The van der Waals surface area contributed by atoms with Gasteiger partial charge in [0.1, 0.15) is 47.6 Å². The largest absolute Gasteiger partial charge is 0.461 e. The molecule has 7 aliphatic rings. The molecular formula is C23H28O13S. The minimum Gasteiger partial charge on any atom is -0.461 e. The van der Waals surface area contributed by atoms with Gasteiger partial charge in [0.05, 0.1) is 18.3 Å². The molecule has 37 heavy (non-hydrogen) atoms. The van der Waals surface area contributed by atoms with Gasteiger partial charge in [-0.2, -0.15) is 4.21 Å². The Hall–Kier alpha value is -1.56. The lowest BCUT2D eigenvalue weighted by atomic mass is 9.41. The van der Waals surface area contributed by atoms with E-state index in [0.29, 0.717) is 6.42 Å². The third kappa shape index (κ3) is 3.20. The first-order valence-corrected chi connectivity index (χ1v) is 13.0. The molecule has 4 aliphatic heterocycles. The number of carbonyl (C=O) groups excluding carboxylic acids is 1. The van der Waals surface area contributed by atoms with Crippen LogP contribution in [0, 0.1) is 11.3 Å². The Morgan fingerprint density at radius 2 is 1.86 bits per heavy atom. The molecular weight excluding hydrogens is 516 g/mol. The van der Waals surface area contributed by atoms with Crippen molar-refractivity contribution in [3.8, 4) is 0 Å². The van der Waals surface area contributed by atoms with Crippen molar-refractivity contribution in [2.24, 2.45) is 11.3 Å². The predicted octanol–water partition coefficient (Wildman–Crippen LogP) is -1.20. The van der Waals surface area contributed by atoms with Crippen molar-refractivity contribution in [3.63, 3.8) is 0 Å². The molecule has 204 valence electrons. The summed E-state index contributed by atoms with van der Waals surface area (Å²) >= 11 is -2.84. The number of benzene rings is 1. The Labute approximate surface area is 213 Å². The topological polar surface area (TPSA) is 191 Å².